The number of amides is 1. The maximum Gasteiger partial charge on any atom is 0.275 e. The van der Waals surface area contributed by atoms with Crippen LogP contribution >= 0.6 is 11.6 Å². The van der Waals surface area contributed by atoms with Gasteiger partial charge in [0.1, 0.15) is 10.8 Å². The average molecular weight is 276 g/mol. The highest BCUT2D eigenvalue weighted by molar-refractivity contribution is 6.29. The van der Waals surface area contributed by atoms with E-state index in [0.29, 0.717) is 5.92 Å². The molecule has 4 nitrogen and oxygen atoms in total. The van der Waals surface area contributed by atoms with E-state index in [0.717, 1.165) is 5.69 Å². The van der Waals surface area contributed by atoms with E-state index in [1.165, 1.54) is 18.0 Å². The Bertz CT molecular complexity index is 564. The predicted octanol–water partition coefficient (Wildman–Crippen LogP) is 3.51. The summed E-state index contributed by atoms with van der Waals surface area (Å²) in [5.41, 5.74) is 2.19. The molecule has 1 aromatic carbocycles. The number of halogens is 1. The lowest BCUT2D eigenvalue weighted by Gasteiger charge is -2.08. The third kappa shape index (κ3) is 3.51. The molecular formula is C14H14ClN3O. The molecule has 0 bridgehead atoms. The van der Waals surface area contributed by atoms with Crippen molar-refractivity contribution in [2.45, 2.75) is 19.8 Å². The second kappa shape index (κ2) is 5.80. The van der Waals surface area contributed by atoms with Crippen molar-refractivity contribution in [1.82, 2.24) is 9.97 Å². The molecule has 0 saturated heterocycles. The first-order chi connectivity index (χ1) is 9.06. The lowest BCUT2D eigenvalue weighted by atomic mass is 10.0. The Hall–Kier alpha value is -1.94. The monoisotopic (exact) mass is 275 g/mol. The smallest absolute Gasteiger partial charge is 0.275 e. The minimum Gasteiger partial charge on any atom is -0.321 e. The molecule has 1 heterocycles. The van der Waals surface area contributed by atoms with E-state index >= 15 is 0 Å². The van der Waals surface area contributed by atoms with Crippen molar-refractivity contribution in [1.29, 1.82) is 0 Å². The third-order valence-corrected chi connectivity index (χ3v) is 2.88. The summed E-state index contributed by atoms with van der Waals surface area (Å²) in [5.74, 6) is 0.161. The Balaban J connectivity index is 2.08. The van der Waals surface area contributed by atoms with Crippen molar-refractivity contribution in [3.05, 3.63) is 53.1 Å². The first-order valence-electron chi connectivity index (χ1n) is 5.95. The fourth-order valence-corrected chi connectivity index (χ4v) is 1.67. The SMILES string of the molecule is CC(C)c1ccc(NC(=O)c2cnc(Cl)cn2)cc1. The number of hydrogen-bond acceptors (Lipinski definition) is 3. The molecule has 2 rings (SSSR count). The summed E-state index contributed by atoms with van der Waals surface area (Å²) in [6, 6.07) is 7.73. The van der Waals surface area contributed by atoms with Crippen LogP contribution in [-0.2, 0) is 0 Å². The van der Waals surface area contributed by atoms with Gasteiger partial charge in [-0.15, -0.1) is 0 Å². The highest BCUT2D eigenvalue weighted by Gasteiger charge is 2.08. The van der Waals surface area contributed by atoms with Crippen molar-refractivity contribution in [3.63, 3.8) is 0 Å². The molecule has 2 aromatic rings. The van der Waals surface area contributed by atoms with Crippen LogP contribution in [0, 0.1) is 0 Å². The van der Waals surface area contributed by atoms with Crippen molar-refractivity contribution in [2.75, 3.05) is 5.32 Å². The van der Waals surface area contributed by atoms with Gasteiger partial charge in [0.25, 0.3) is 5.91 Å². The minimum absolute atomic E-state index is 0.234. The Kier molecular flexibility index (Phi) is 4.12. The summed E-state index contributed by atoms with van der Waals surface area (Å²) < 4.78 is 0. The number of aromatic nitrogens is 2. The van der Waals surface area contributed by atoms with E-state index in [1.807, 2.05) is 24.3 Å². The summed E-state index contributed by atoms with van der Waals surface area (Å²) in [5, 5.41) is 3.02. The molecule has 0 unspecified atom stereocenters. The summed E-state index contributed by atoms with van der Waals surface area (Å²) in [4.78, 5) is 19.6. The van der Waals surface area contributed by atoms with E-state index < -0.39 is 0 Å². The van der Waals surface area contributed by atoms with Gasteiger partial charge in [0, 0.05) is 5.69 Å². The highest BCUT2D eigenvalue weighted by atomic mass is 35.5. The van der Waals surface area contributed by atoms with Crippen molar-refractivity contribution < 1.29 is 4.79 Å². The second-order valence-electron chi connectivity index (χ2n) is 4.46. The fraction of sp³-hybridized carbons (Fsp3) is 0.214. The molecule has 0 aliphatic carbocycles. The summed E-state index contributed by atoms with van der Waals surface area (Å²) in [6.45, 7) is 4.24. The summed E-state index contributed by atoms with van der Waals surface area (Å²) >= 11 is 5.62. The number of carbonyl (C=O) groups excluding carboxylic acids is 1. The van der Waals surface area contributed by atoms with Crippen LogP contribution in [-0.4, -0.2) is 15.9 Å². The van der Waals surface area contributed by atoms with Crippen LogP contribution in [0.1, 0.15) is 35.8 Å². The van der Waals surface area contributed by atoms with Crippen molar-refractivity contribution in [2.24, 2.45) is 0 Å². The second-order valence-corrected chi connectivity index (χ2v) is 4.84. The zero-order chi connectivity index (χ0) is 13.8. The molecule has 0 aliphatic rings. The van der Waals surface area contributed by atoms with Crippen LogP contribution < -0.4 is 5.32 Å². The maximum absolute atomic E-state index is 11.9. The maximum atomic E-state index is 11.9. The lowest BCUT2D eigenvalue weighted by molar-refractivity contribution is 0.102. The molecule has 1 aromatic heterocycles. The van der Waals surface area contributed by atoms with Crippen molar-refractivity contribution >= 4 is 23.2 Å². The fourth-order valence-electron chi connectivity index (χ4n) is 1.58. The van der Waals surface area contributed by atoms with Gasteiger partial charge in [0.05, 0.1) is 12.4 Å². The zero-order valence-corrected chi connectivity index (χ0v) is 11.5. The van der Waals surface area contributed by atoms with Gasteiger partial charge in [-0.3, -0.25) is 4.79 Å². The lowest BCUT2D eigenvalue weighted by Crippen LogP contribution is -2.13. The Labute approximate surface area is 116 Å². The van der Waals surface area contributed by atoms with Gasteiger partial charge in [-0.1, -0.05) is 37.6 Å². The number of carbonyl (C=O) groups is 1. The molecule has 0 spiro atoms. The molecule has 1 N–H and O–H groups in total. The first kappa shape index (κ1) is 13.5. The Morgan fingerprint density at radius 2 is 1.84 bits per heavy atom. The number of benzene rings is 1. The van der Waals surface area contributed by atoms with Gasteiger partial charge in [0.15, 0.2) is 0 Å². The number of hydrogen-bond donors (Lipinski definition) is 1. The molecule has 1 amide bonds. The molecule has 0 aliphatic heterocycles. The van der Waals surface area contributed by atoms with Gasteiger partial charge < -0.3 is 5.32 Å². The topological polar surface area (TPSA) is 54.9 Å². The predicted molar refractivity (Wildman–Crippen MR) is 75.5 cm³/mol. The summed E-state index contributed by atoms with van der Waals surface area (Å²) in [6.07, 6.45) is 2.69. The van der Waals surface area contributed by atoms with Crippen LogP contribution in [0.5, 0.6) is 0 Å². The Morgan fingerprint density at radius 1 is 1.16 bits per heavy atom. The molecule has 98 valence electrons. The van der Waals surface area contributed by atoms with Gasteiger partial charge in [-0.25, -0.2) is 9.97 Å². The van der Waals surface area contributed by atoms with E-state index in [4.69, 9.17) is 11.6 Å². The van der Waals surface area contributed by atoms with E-state index in [9.17, 15) is 4.79 Å². The Morgan fingerprint density at radius 3 is 2.37 bits per heavy atom. The number of anilines is 1. The minimum atomic E-state index is -0.304. The van der Waals surface area contributed by atoms with Crippen LogP contribution in [0.25, 0.3) is 0 Å². The largest absolute Gasteiger partial charge is 0.321 e. The van der Waals surface area contributed by atoms with Crippen LogP contribution in [0.15, 0.2) is 36.7 Å². The normalized spacial score (nSPS) is 10.5. The molecule has 0 fully saturated rings. The highest BCUT2D eigenvalue weighted by Crippen LogP contribution is 2.17. The van der Waals surface area contributed by atoms with E-state index in [2.05, 4.69) is 29.1 Å². The standard InChI is InChI=1S/C14H14ClN3O/c1-9(2)10-3-5-11(6-4-10)18-14(19)12-7-17-13(15)8-16-12/h3-9H,1-2H3,(H,18,19). The average Bonchev–Trinajstić information content (AvgIpc) is 2.40. The number of rotatable bonds is 3. The van der Waals surface area contributed by atoms with E-state index in [1.54, 1.807) is 0 Å². The van der Waals surface area contributed by atoms with E-state index in [-0.39, 0.29) is 16.8 Å². The van der Waals surface area contributed by atoms with Crippen LogP contribution in [0.2, 0.25) is 5.15 Å². The molecule has 5 heteroatoms. The van der Waals surface area contributed by atoms with Gasteiger partial charge in [-0.05, 0) is 23.6 Å². The van der Waals surface area contributed by atoms with Crippen LogP contribution in [0.3, 0.4) is 0 Å². The number of nitrogens with zero attached hydrogens (tertiary/aromatic N) is 2. The molecule has 0 atom stereocenters. The molecular weight excluding hydrogens is 262 g/mol. The van der Waals surface area contributed by atoms with Gasteiger partial charge >= 0.3 is 0 Å². The quantitative estimate of drug-likeness (QED) is 0.933. The van der Waals surface area contributed by atoms with Gasteiger partial charge in [0.2, 0.25) is 0 Å². The van der Waals surface area contributed by atoms with Crippen LogP contribution in [0.4, 0.5) is 5.69 Å². The van der Waals surface area contributed by atoms with Crippen molar-refractivity contribution in [3.8, 4) is 0 Å². The molecule has 19 heavy (non-hydrogen) atoms. The van der Waals surface area contributed by atoms with Gasteiger partial charge in [-0.2, -0.15) is 0 Å². The third-order valence-electron chi connectivity index (χ3n) is 2.69. The molecule has 0 saturated carbocycles. The summed E-state index contributed by atoms with van der Waals surface area (Å²) in [7, 11) is 0. The zero-order valence-electron chi connectivity index (χ0n) is 10.7. The number of nitrogens with one attached hydrogen (secondary N) is 1. The molecule has 0 radical (unpaired) electrons. The first-order valence-corrected chi connectivity index (χ1v) is 6.33.